The van der Waals surface area contributed by atoms with Crippen LogP contribution in [0.5, 0.6) is 0 Å². The molecule has 1 radical (unpaired) electrons. The summed E-state index contributed by atoms with van der Waals surface area (Å²) in [4.78, 5) is 0. The van der Waals surface area contributed by atoms with Crippen molar-refractivity contribution in [1.29, 1.82) is 0 Å². The topological polar surface area (TPSA) is 0 Å². The van der Waals surface area contributed by atoms with Gasteiger partial charge >= 0.3 is 0 Å². The van der Waals surface area contributed by atoms with Gasteiger partial charge in [-0.2, -0.15) is 35.9 Å². The third kappa shape index (κ3) is 27.6. The molecule has 0 saturated heterocycles. The van der Waals surface area contributed by atoms with E-state index in [0.717, 1.165) is 5.92 Å². The van der Waals surface area contributed by atoms with E-state index in [-0.39, 0.29) is 37.7 Å². The SMILES string of the molecule is CCCC.CCCCC(C)C.Cc1cc[c-]cc1.[Ho]. The molecule has 0 nitrogen and oxygen atoms in total. The Labute approximate surface area is 152 Å². The molecule has 0 unspecified atom stereocenters. The minimum atomic E-state index is 0. The predicted octanol–water partition coefficient (Wildman–Crippen LogP) is 6.43. The first kappa shape index (κ1) is 24.5. The molecular formula is C18H33Ho-. The Kier molecular flexibility index (Phi) is 26.8. The molecule has 1 aromatic rings. The number of hydrogen-bond donors (Lipinski definition) is 0. The fraction of sp³-hybridized carbons (Fsp3) is 0.667. The van der Waals surface area contributed by atoms with Gasteiger partial charge in [-0.1, -0.05) is 73.6 Å². The molecule has 1 aromatic carbocycles. The third-order valence-electron chi connectivity index (χ3n) is 2.52. The molecule has 0 spiro atoms. The smallest absolute Gasteiger partial charge is 0 e. The van der Waals surface area contributed by atoms with Crippen LogP contribution in [0.4, 0.5) is 0 Å². The number of benzene rings is 1. The second kappa shape index (κ2) is 20.8. The maximum absolute atomic E-state index is 2.93. The molecule has 19 heavy (non-hydrogen) atoms. The van der Waals surface area contributed by atoms with Gasteiger partial charge in [-0.25, -0.2) is 0 Å². The minimum Gasteiger partial charge on any atom is -0.184 e. The van der Waals surface area contributed by atoms with Crippen molar-refractivity contribution in [3.05, 3.63) is 35.9 Å². The molecule has 0 fully saturated rings. The van der Waals surface area contributed by atoms with E-state index in [9.17, 15) is 0 Å². The summed E-state index contributed by atoms with van der Waals surface area (Å²) in [6.45, 7) is 13.2. The molecule has 0 saturated carbocycles. The van der Waals surface area contributed by atoms with Crippen LogP contribution in [0.15, 0.2) is 24.3 Å². The van der Waals surface area contributed by atoms with Crippen molar-refractivity contribution in [3.8, 4) is 0 Å². The second-order valence-electron chi connectivity index (χ2n) is 5.11. The zero-order valence-corrected chi connectivity index (χ0v) is 15.7. The second-order valence-corrected chi connectivity index (χ2v) is 5.11. The summed E-state index contributed by atoms with van der Waals surface area (Å²) in [7, 11) is 0. The Morgan fingerprint density at radius 1 is 0.947 bits per heavy atom. The minimum absolute atomic E-state index is 0. The van der Waals surface area contributed by atoms with Crippen molar-refractivity contribution in [3.63, 3.8) is 0 Å². The number of aryl methyl sites for hydroxylation is 1. The summed E-state index contributed by atoms with van der Waals surface area (Å²) in [5, 5.41) is 0. The molecule has 0 atom stereocenters. The van der Waals surface area contributed by atoms with Gasteiger partial charge in [-0.05, 0) is 5.92 Å². The Hall–Kier alpha value is 0.480. The molecule has 0 heterocycles. The Morgan fingerprint density at radius 2 is 1.42 bits per heavy atom. The van der Waals surface area contributed by atoms with Crippen LogP contribution in [-0.2, 0) is 0 Å². The molecule has 1 rings (SSSR count). The van der Waals surface area contributed by atoms with E-state index < -0.39 is 0 Å². The van der Waals surface area contributed by atoms with Gasteiger partial charge in [0.1, 0.15) is 0 Å². The standard InChI is InChI=1S/C7H7.C7H16.C4H10.Ho/c1-7-5-3-2-4-6-7;1-4-5-6-7(2)3;1-3-4-2;/h3-6H,1H3;7H,4-6H2,1-3H3;3-4H2,1-2H3;/q-1;;;. The van der Waals surface area contributed by atoms with Crippen molar-refractivity contribution in [1.82, 2.24) is 0 Å². The van der Waals surface area contributed by atoms with E-state index in [4.69, 9.17) is 0 Å². The van der Waals surface area contributed by atoms with E-state index in [1.165, 1.54) is 37.7 Å². The van der Waals surface area contributed by atoms with Gasteiger partial charge in [0.05, 0.1) is 0 Å². The predicted molar refractivity (Wildman–Crippen MR) is 85.0 cm³/mol. The van der Waals surface area contributed by atoms with Gasteiger partial charge in [0.15, 0.2) is 0 Å². The van der Waals surface area contributed by atoms with Gasteiger partial charge in [-0.3, -0.25) is 0 Å². The third-order valence-corrected chi connectivity index (χ3v) is 2.52. The fourth-order valence-electron chi connectivity index (χ4n) is 1.08. The molecule has 0 aliphatic carbocycles. The molecule has 1 heteroatoms. The van der Waals surface area contributed by atoms with E-state index >= 15 is 0 Å². The summed E-state index contributed by atoms with van der Waals surface area (Å²) in [5.74, 6) is 0.903. The van der Waals surface area contributed by atoms with E-state index in [0.29, 0.717) is 0 Å². The summed E-state index contributed by atoms with van der Waals surface area (Å²) in [6, 6.07) is 10.8. The normalized spacial score (nSPS) is 8.58. The summed E-state index contributed by atoms with van der Waals surface area (Å²) in [6.07, 6.45) is 6.78. The molecule has 117 valence electrons. The van der Waals surface area contributed by atoms with Crippen LogP contribution in [0, 0.1) is 56.6 Å². The van der Waals surface area contributed by atoms with Gasteiger partial charge in [0.2, 0.25) is 0 Å². The number of hydrogen-bond acceptors (Lipinski definition) is 0. The summed E-state index contributed by atoms with van der Waals surface area (Å²) in [5.41, 5.74) is 1.29. The van der Waals surface area contributed by atoms with E-state index in [1.807, 2.05) is 24.3 Å². The Balaban J connectivity index is -0.000000205. The van der Waals surface area contributed by atoms with Crippen LogP contribution in [0.2, 0.25) is 0 Å². The van der Waals surface area contributed by atoms with Crippen LogP contribution < -0.4 is 0 Å². The maximum atomic E-state index is 2.93. The van der Waals surface area contributed by atoms with E-state index in [2.05, 4.69) is 47.6 Å². The van der Waals surface area contributed by atoms with Gasteiger partial charge in [0.25, 0.3) is 0 Å². The van der Waals surface area contributed by atoms with Crippen molar-refractivity contribution < 1.29 is 37.7 Å². The molecule has 0 aliphatic rings. The Bertz CT molecular complexity index is 227. The molecule has 0 N–H and O–H groups in total. The largest absolute Gasteiger partial charge is 0.184 e. The molecule has 0 aliphatic heterocycles. The van der Waals surface area contributed by atoms with Crippen molar-refractivity contribution >= 4 is 0 Å². The first-order valence-corrected chi connectivity index (χ1v) is 7.51. The van der Waals surface area contributed by atoms with Crippen LogP contribution in [0.25, 0.3) is 0 Å². The van der Waals surface area contributed by atoms with Crippen molar-refractivity contribution in [2.24, 2.45) is 5.92 Å². The molecular weight excluding hydrogens is 381 g/mol. The van der Waals surface area contributed by atoms with Gasteiger partial charge in [0, 0.05) is 37.7 Å². The van der Waals surface area contributed by atoms with Crippen molar-refractivity contribution in [2.75, 3.05) is 0 Å². The quantitative estimate of drug-likeness (QED) is 0.393. The average Bonchev–Trinajstić information content (AvgIpc) is 2.38. The van der Waals surface area contributed by atoms with Crippen LogP contribution in [0.1, 0.15) is 72.3 Å². The molecule has 0 bridgehead atoms. The summed E-state index contributed by atoms with van der Waals surface area (Å²) >= 11 is 0. The zero-order valence-electron chi connectivity index (χ0n) is 13.7. The van der Waals surface area contributed by atoms with Crippen LogP contribution >= 0.6 is 0 Å². The van der Waals surface area contributed by atoms with Gasteiger partial charge < -0.3 is 0 Å². The van der Waals surface area contributed by atoms with E-state index in [1.54, 1.807) is 0 Å². The monoisotopic (exact) mass is 414 g/mol. The van der Waals surface area contributed by atoms with Gasteiger partial charge in [-0.15, -0.1) is 0 Å². The summed E-state index contributed by atoms with van der Waals surface area (Å²) < 4.78 is 0. The first-order valence-electron chi connectivity index (χ1n) is 7.51. The molecule has 0 amide bonds. The van der Waals surface area contributed by atoms with Crippen LogP contribution in [-0.4, -0.2) is 0 Å². The Morgan fingerprint density at radius 3 is 1.58 bits per heavy atom. The fourth-order valence-corrected chi connectivity index (χ4v) is 1.08. The molecule has 0 aromatic heterocycles. The maximum Gasteiger partial charge on any atom is 0 e. The van der Waals surface area contributed by atoms with Crippen molar-refractivity contribution in [2.45, 2.75) is 73.6 Å². The average molecular weight is 414 g/mol. The van der Waals surface area contributed by atoms with Crippen LogP contribution in [0.3, 0.4) is 0 Å². The number of unbranched alkanes of at least 4 members (excludes halogenated alkanes) is 2. The number of rotatable bonds is 4. The zero-order chi connectivity index (χ0) is 14.2. The first-order chi connectivity index (χ1) is 8.58.